The minimum absolute atomic E-state index is 0.00804. The third-order valence-corrected chi connectivity index (χ3v) is 4.95. The lowest BCUT2D eigenvalue weighted by molar-refractivity contribution is -0.158. The second-order valence-corrected chi connectivity index (χ2v) is 8.07. The van der Waals surface area contributed by atoms with Gasteiger partial charge >= 0.3 is 0 Å². The number of hydrogen-bond donors (Lipinski definition) is 1. The van der Waals surface area contributed by atoms with Crippen molar-refractivity contribution in [3.8, 4) is 11.1 Å². The molecule has 2 aromatic rings. The molecule has 0 aliphatic carbocycles. The molecular formula is C23H26O3. The van der Waals surface area contributed by atoms with Crippen molar-refractivity contribution < 1.29 is 14.6 Å². The highest BCUT2D eigenvalue weighted by molar-refractivity contribution is 6.26. The molecule has 1 aliphatic rings. The zero-order valence-corrected chi connectivity index (χ0v) is 16.3. The largest absolute Gasteiger partial charge is 0.508 e. The Balaban J connectivity index is 2.23. The van der Waals surface area contributed by atoms with Crippen LogP contribution in [0.2, 0.25) is 0 Å². The molecule has 0 atom stereocenters. The van der Waals surface area contributed by atoms with E-state index in [1.807, 2.05) is 31.2 Å². The van der Waals surface area contributed by atoms with Crippen molar-refractivity contribution in [2.24, 2.45) is 0 Å². The van der Waals surface area contributed by atoms with E-state index >= 15 is 0 Å². The van der Waals surface area contributed by atoms with Crippen molar-refractivity contribution in [1.29, 1.82) is 0 Å². The first-order chi connectivity index (χ1) is 12.0. The lowest BCUT2D eigenvalue weighted by atomic mass is 9.81. The van der Waals surface area contributed by atoms with Gasteiger partial charge in [0.25, 0.3) is 0 Å². The predicted molar refractivity (Wildman–Crippen MR) is 105 cm³/mol. The van der Waals surface area contributed by atoms with Gasteiger partial charge in [-0.05, 0) is 69.9 Å². The maximum atomic E-state index is 13.1. The Morgan fingerprint density at radius 1 is 0.885 bits per heavy atom. The smallest absolute Gasteiger partial charge is 0.198 e. The molecule has 26 heavy (non-hydrogen) atoms. The molecular weight excluding hydrogens is 324 g/mol. The summed E-state index contributed by atoms with van der Waals surface area (Å²) >= 11 is 0. The topological polar surface area (TPSA) is 46.5 Å². The fourth-order valence-electron chi connectivity index (χ4n) is 3.59. The minimum Gasteiger partial charge on any atom is -0.508 e. The average Bonchev–Trinajstić information content (AvgIpc) is 2.54. The lowest BCUT2D eigenvalue weighted by Crippen LogP contribution is -2.49. The van der Waals surface area contributed by atoms with Crippen molar-refractivity contribution >= 4 is 11.4 Å². The number of carbonyl (C=O) groups is 1. The molecule has 0 unspecified atom stereocenters. The summed E-state index contributed by atoms with van der Waals surface area (Å²) in [6, 6.07) is 14.3. The van der Waals surface area contributed by atoms with Crippen LogP contribution < -0.4 is 0 Å². The molecule has 0 spiro atoms. The number of Topliss-reactive ketones (excluding diaryl/α,β-unsaturated/α-hetero) is 1. The van der Waals surface area contributed by atoms with Crippen LogP contribution in [0.1, 0.15) is 44.4 Å². The Hall–Kier alpha value is -2.39. The van der Waals surface area contributed by atoms with E-state index in [-0.39, 0.29) is 11.5 Å². The molecule has 0 aromatic heterocycles. The molecule has 3 rings (SSSR count). The quantitative estimate of drug-likeness (QED) is 0.789. The van der Waals surface area contributed by atoms with Crippen LogP contribution >= 0.6 is 0 Å². The highest BCUT2D eigenvalue weighted by atomic mass is 16.5. The summed E-state index contributed by atoms with van der Waals surface area (Å²) < 4.78 is 5.85. The van der Waals surface area contributed by atoms with Crippen LogP contribution in [0.25, 0.3) is 16.7 Å². The number of ether oxygens (including phenoxy) is 1. The van der Waals surface area contributed by atoms with E-state index in [9.17, 15) is 9.90 Å². The molecule has 2 aromatic carbocycles. The summed E-state index contributed by atoms with van der Waals surface area (Å²) in [5.74, 6) is -0.204. The maximum absolute atomic E-state index is 13.1. The number of benzene rings is 2. The lowest BCUT2D eigenvalue weighted by Gasteiger charge is -2.40. The zero-order valence-electron chi connectivity index (χ0n) is 16.3. The number of aliphatic hydroxyl groups is 1. The standard InChI is InChI=1S/C23H26O3/c1-14-8-7-9-16(12-14)17-11-10-15(2)18(13-17)19-20(24)22(3,4)26-23(5,6)21(19)25/h7-13,24H,1-6H3. The molecule has 0 amide bonds. The molecule has 0 radical (unpaired) electrons. The van der Waals surface area contributed by atoms with Gasteiger partial charge in [0.15, 0.2) is 5.78 Å². The van der Waals surface area contributed by atoms with Crippen molar-refractivity contribution in [2.75, 3.05) is 0 Å². The molecule has 3 nitrogen and oxygen atoms in total. The number of carbonyl (C=O) groups excluding carboxylic acids is 1. The van der Waals surface area contributed by atoms with Crippen molar-refractivity contribution in [3.63, 3.8) is 0 Å². The second-order valence-electron chi connectivity index (χ2n) is 8.07. The molecule has 136 valence electrons. The predicted octanol–water partition coefficient (Wildman–Crippen LogP) is 5.40. The highest BCUT2D eigenvalue weighted by Gasteiger charge is 2.47. The summed E-state index contributed by atoms with van der Waals surface area (Å²) in [5, 5.41) is 10.8. The number of aryl methyl sites for hydroxylation is 2. The molecule has 0 saturated heterocycles. The van der Waals surface area contributed by atoms with Crippen LogP contribution in [0, 0.1) is 13.8 Å². The Kier molecular flexibility index (Phi) is 4.32. The van der Waals surface area contributed by atoms with Gasteiger partial charge in [0.1, 0.15) is 17.0 Å². The first-order valence-electron chi connectivity index (χ1n) is 8.90. The third-order valence-electron chi connectivity index (χ3n) is 4.95. The molecule has 0 saturated carbocycles. The molecule has 1 aliphatic heterocycles. The third kappa shape index (κ3) is 3.08. The highest BCUT2D eigenvalue weighted by Crippen LogP contribution is 2.41. The van der Waals surface area contributed by atoms with Crippen LogP contribution in [0.4, 0.5) is 0 Å². The van der Waals surface area contributed by atoms with Gasteiger partial charge < -0.3 is 9.84 Å². The van der Waals surface area contributed by atoms with E-state index in [1.165, 1.54) is 5.56 Å². The Bertz CT molecular complexity index is 917. The summed E-state index contributed by atoms with van der Waals surface area (Å²) in [7, 11) is 0. The SMILES string of the molecule is Cc1cccc(-c2ccc(C)c(C3=C(O)C(C)(C)OC(C)(C)C3=O)c2)c1. The number of aliphatic hydroxyl groups excluding tert-OH is 1. The van der Waals surface area contributed by atoms with E-state index in [0.717, 1.165) is 22.3 Å². The van der Waals surface area contributed by atoms with Crippen LogP contribution in [0.5, 0.6) is 0 Å². The summed E-state index contributed by atoms with van der Waals surface area (Å²) in [6.45, 7) is 11.1. The number of hydrogen-bond acceptors (Lipinski definition) is 3. The van der Waals surface area contributed by atoms with Gasteiger partial charge in [0.05, 0.1) is 5.57 Å². The van der Waals surface area contributed by atoms with Crippen molar-refractivity contribution in [1.82, 2.24) is 0 Å². The van der Waals surface area contributed by atoms with Crippen LogP contribution in [0.3, 0.4) is 0 Å². The van der Waals surface area contributed by atoms with E-state index in [1.54, 1.807) is 27.7 Å². The van der Waals surface area contributed by atoms with Crippen molar-refractivity contribution in [2.45, 2.75) is 52.7 Å². The number of ketones is 1. The monoisotopic (exact) mass is 350 g/mol. The fraction of sp³-hybridized carbons (Fsp3) is 0.348. The van der Waals surface area contributed by atoms with Gasteiger partial charge in [-0.15, -0.1) is 0 Å². The van der Waals surface area contributed by atoms with Gasteiger partial charge in [0.2, 0.25) is 0 Å². The molecule has 0 fully saturated rings. The van der Waals surface area contributed by atoms with Gasteiger partial charge in [0, 0.05) is 0 Å². The van der Waals surface area contributed by atoms with E-state index in [4.69, 9.17) is 4.74 Å². The van der Waals surface area contributed by atoms with Gasteiger partial charge in [-0.2, -0.15) is 0 Å². The average molecular weight is 350 g/mol. The van der Waals surface area contributed by atoms with E-state index in [2.05, 4.69) is 25.1 Å². The molecule has 3 heteroatoms. The molecule has 0 bridgehead atoms. The van der Waals surface area contributed by atoms with Gasteiger partial charge in [-0.25, -0.2) is 0 Å². The first-order valence-corrected chi connectivity index (χ1v) is 8.90. The van der Waals surface area contributed by atoms with E-state index in [0.29, 0.717) is 5.57 Å². The second kappa shape index (κ2) is 6.10. The summed E-state index contributed by atoms with van der Waals surface area (Å²) in [4.78, 5) is 13.1. The van der Waals surface area contributed by atoms with Gasteiger partial charge in [-0.3, -0.25) is 4.79 Å². The first kappa shape index (κ1) is 18.4. The maximum Gasteiger partial charge on any atom is 0.198 e. The minimum atomic E-state index is -0.989. The van der Waals surface area contributed by atoms with E-state index < -0.39 is 11.2 Å². The fourth-order valence-corrected chi connectivity index (χ4v) is 3.59. The number of rotatable bonds is 2. The van der Waals surface area contributed by atoms with Gasteiger partial charge in [-0.1, -0.05) is 42.0 Å². The Morgan fingerprint density at radius 2 is 1.54 bits per heavy atom. The normalized spacial score (nSPS) is 18.9. The Morgan fingerprint density at radius 3 is 2.19 bits per heavy atom. The van der Waals surface area contributed by atoms with Crippen LogP contribution in [-0.2, 0) is 9.53 Å². The molecule has 1 heterocycles. The van der Waals surface area contributed by atoms with Crippen LogP contribution in [0.15, 0.2) is 48.2 Å². The Labute approximate surface area is 155 Å². The van der Waals surface area contributed by atoms with Crippen LogP contribution in [-0.4, -0.2) is 22.1 Å². The van der Waals surface area contributed by atoms with Crippen molar-refractivity contribution in [3.05, 3.63) is 64.9 Å². The molecule has 1 N–H and O–H groups in total. The summed E-state index contributed by atoms with van der Waals surface area (Å²) in [6.07, 6.45) is 0. The zero-order chi connectivity index (χ0) is 19.3. The summed E-state index contributed by atoms with van der Waals surface area (Å²) in [5.41, 5.74) is 3.44.